The first-order valence-electron chi connectivity index (χ1n) is 4.89. The second-order valence-electron chi connectivity index (χ2n) is 3.30. The molecule has 84 valence electrons. The number of rotatable bonds is 5. The predicted octanol–water partition coefficient (Wildman–Crippen LogP) is -0.237. The molecule has 0 aliphatic heterocycles. The summed E-state index contributed by atoms with van der Waals surface area (Å²) >= 11 is 0. The van der Waals surface area contributed by atoms with Gasteiger partial charge in [0.15, 0.2) is 5.82 Å². The van der Waals surface area contributed by atoms with E-state index in [0.717, 1.165) is 5.69 Å². The van der Waals surface area contributed by atoms with E-state index >= 15 is 0 Å². The second-order valence-corrected chi connectivity index (χ2v) is 3.30. The number of nitrogens with zero attached hydrogens (tertiary/aromatic N) is 2. The van der Waals surface area contributed by atoms with Gasteiger partial charge in [0.1, 0.15) is 0 Å². The fourth-order valence-corrected chi connectivity index (χ4v) is 1.37. The Hall–Kier alpha value is -1.33. The van der Waals surface area contributed by atoms with Crippen molar-refractivity contribution in [1.82, 2.24) is 4.98 Å². The number of nitrogen functional groups attached to an aromatic ring is 1. The second kappa shape index (κ2) is 5.53. The summed E-state index contributed by atoms with van der Waals surface area (Å²) in [7, 11) is 0. The predicted molar refractivity (Wildman–Crippen MR) is 59.8 cm³/mol. The van der Waals surface area contributed by atoms with Gasteiger partial charge in [0, 0.05) is 18.8 Å². The molecule has 1 aromatic rings. The lowest BCUT2D eigenvalue weighted by Gasteiger charge is -2.23. The number of aliphatic hydroxyl groups excluding tert-OH is 2. The van der Waals surface area contributed by atoms with E-state index in [0.29, 0.717) is 24.6 Å². The highest BCUT2D eigenvalue weighted by molar-refractivity contribution is 5.62. The molecule has 5 nitrogen and oxygen atoms in total. The molecule has 15 heavy (non-hydrogen) atoms. The Bertz CT molecular complexity index is 312. The zero-order valence-electron chi connectivity index (χ0n) is 8.85. The molecule has 5 heteroatoms. The summed E-state index contributed by atoms with van der Waals surface area (Å²) in [5.74, 6) is 0.623. The van der Waals surface area contributed by atoms with Crippen LogP contribution < -0.4 is 10.6 Å². The fourth-order valence-electron chi connectivity index (χ4n) is 1.37. The Balaban J connectivity index is 2.93. The van der Waals surface area contributed by atoms with E-state index in [1.807, 2.05) is 13.0 Å². The van der Waals surface area contributed by atoms with Crippen LogP contribution in [0.2, 0.25) is 0 Å². The number of aryl methyl sites for hydroxylation is 1. The van der Waals surface area contributed by atoms with E-state index in [-0.39, 0.29) is 13.2 Å². The number of hydrogen-bond donors (Lipinski definition) is 3. The van der Waals surface area contributed by atoms with E-state index in [4.69, 9.17) is 15.9 Å². The number of hydrogen-bond acceptors (Lipinski definition) is 5. The van der Waals surface area contributed by atoms with Crippen LogP contribution in [-0.4, -0.2) is 41.5 Å². The molecule has 0 atom stereocenters. The maximum atomic E-state index is 8.89. The average molecular weight is 211 g/mol. The van der Waals surface area contributed by atoms with Gasteiger partial charge in [-0.1, -0.05) is 0 Å². The normalized spacial score (nSPS) is 10.3. The molecule has 0 fully saturated rings. The number of aliphatic hydroxyl groups is 2. The highest BCUT2D eigenvalue weighted by Gasteiger charge is 2.10. The van der Waals surface area contributed by atoms with E-state index in [2.05, 4.69) is 4.98 Å². The van der Waals surface area contributed by atoms with E-state index in [9.17, 15) is 0 Å². The highest BCUT2D eigenvalue weighted by Crippen LogP contribution is 2.19. The summed E-state index contributed by atoms with van der Waals surface area (Å²) in [6.07, 6.45) is 0. The van der Waals surface area contributed by atoms with Gasteiger partial charge in [-0.3, -0.25) is 0 Å². The first kappa shape index (κ1) is 11.7. The van der Waals surface area contributed by atoms with Crippen molar-refractivity contribution in [3.8, 4) is 0 Å². The van der Waals surface area contributed by atoms with Crippen molar-refractivity contribution in [2.24, 2.45) is 0 Å². The van der Waals surface area contributed by atoms with Gasteiger partial charge >= 0.3 is 0 Å². The maximum absolute atomic E-state index is 8.89. The van der Waals surface area contributed by atoms with Gasteiger partial charge in [-0.15, -0.1) is 0 Å². The third kappa shape index (κ3) is 3.07. The number of nitrogens with two attached hydrogens (primary N) is 1. The zero-order chi connectivity index (χ0) is 11.3. The molecule has 1 rings (SSSR count). The Morgan fingerprint density at radius 1 is 1.27 bits per heavy atom. The summed E-state index contributed by atoms with van der Waals surface area (Å²) in [6.45, 7) is 2.73. The van der Waals surface area contributed by atoms with Crippen molar-refractivity contribution in [3.05, 3.63) is 17.8 Å². The first-order valence-corrected chi connectivity index (χ1v) is 4.89. The fraction of sp³-hybridized carbons (Fsp3) is 0.500. The minimum absolute atomic E-state index is 0.00899. The van der Waals surface area contributed by atoms with E-state index < -0.39 is 0 Å². The van der Waals surface area contributed by atoms with Crippen molar-refractivity contribution >= 4 is 11.5 Å². The Morgan fingerprint density at radius 2 is 1.87 bits per heavy atom. The van der Waals surface area contributed by atoms with Crippen LogP contribution in [0.15, 0.2) is 12.1 Å². The minimum Gasteiger partial charge on any atom is -0.396 e. The lowest BCUT2D eigenvalue weighted by Crippen LogP contribution is -2.31. The lowest BCUT2D eigenvalue weighted by molar-refractivity contribution is 0.280. The van der Waals surface area contributed by atoms with Gasteiger partial charge in [0.2, 0.25) is 0 Å². The monoisotopic (exact) mass is 211 g/mol. The molecule has 0 aliphatic carbocycles. The van der Waals surface area contributed by atoms with Crippen LogP contribution in [0.5, 0.6) is 0 Å². The van der Waals surface area contributed by atoms with Crippen LogP contribution in [0.1, 0.15) is 5.69 Å². The molecule has 4 N–H and O–H groups in total. The topological polar surface area (TPSA) is 82.6 Å². The van der Waals surface area contributed by atoms with Crippen molar-refractivity contribution in [2.45, 2.75) is 6.92 Å². The summed E-state index contributed by atoms with van der Waals surface area (Å²) in [5.41, 5.74) is 7.20. The molecule has 0 spiro atoms. The summed E-state index contributed by atoms with van der Waals surface area (Å²) in [4.78, 5) is 6.06. The zero-order valence-corrected chi connectivity index (χ0v) is 8.85. The van der Waals surface area contributed by atoms with E-state index in [1.54, 1.807) is 11.0 Å². The van der Waals surface area contributed by atoms with Crippen molar-refractivity contribution in [1.29, 1.82) is 0 Å². The molecule has 0 aliphatic rings. The van der Waals surface area contributed by atoms with Gasteiger partial charge in [-0.25, -0.2) is 4.98 Å². The Labute approximate surface area is 89.2 Å². The molecule has 0 saturated heterocycles. The lowest BCUT2D eigenvalue weighted by atomic mass is 10.3. The Kier molecular flexibility index (Phi) is 4.33. The van der Waals surface area contributed by atoms with Crippen LogP contribution in [0.4, 0.5) is 11.5 Å². The van der Waals surface area contributed by atoms with Crippen LogP contribution in [0.25, 0.3) is 0 Å². The minimum atomic E-state index is 0.00899. The standard InChI is InChI=1S/C10H17N3O2/c1-8-2-3-9(11)10(12-8)13(4-6-14)5-7-15/h2-3,14-15H,4-7,11H2,1H3. The van der Waals surface area contributed by atoms with Crippen molar-refractivity contribution < 1.29 is 10.2 Å². The molecule has 0 radical (unpaired) electrons. The van der Waals surface area contributed by atoms with Crippen LogP contribution >= 0.6 is 0 Å². The maximum Gasteiger partial charge on any atom is 0.152 e. The summed E-state index contributed by atoms with van der Waals surface area (Å²) in [5, 5.41) is 17.8. The Morgan fingerprint density at radius 3 is 2.40 bits per heavy atom. The molecular weight excluding hydrogens is 194 g/mol. The van der Waals surface area contributed by atoms with Gasteiger partial charge in [0.25, 0.3) is 0 Å². The first-order chi connectivity index (χ1) is 7.19. The largest absolute Gasteiger partial charge is 0.396 e. The van der Waals surface area contributed by atoms with Crippen LogP contribution in [0.3, 0.4) is 0 Å². The van der Waals surface area contributed by atoms with E-state index in [1.165, 1.54) is 0 Å². The summed E-state index contributed by atoms with van der Waals surface area (Å²) in [6, 6.07) is 3.61. The molecular formula is C10H17N3O2. The molecule has 1 aromatic heterocycles. The molecule has 0 bridgehead atoms. The number of aromatic nitrogens is 1. The number of anilines is 2. The molecule has 0 unspecified atom stereocenters. The van der Waals surface area contributed by atoms with Crippen molar-refractivity contribution in [3.63, 3.8) is 0 Å². The molecule has 0 aromatic carbocycles. The molecule has 1 heterocycles. The SMILES string of the molecule is Cc1ccc(N)c(N(CCO)CCO)n1. The summed E-state index contributed by atoms with van der Waals surface area (Å²) < 4.78 is 0. The van der Waals surface area contributed by atoms with Crippen molar-refractivity contribution in [2.75, 3.05) is 36.9 Å². The molecule has 0 amide bonds. The van der Waals surface area contributed by atoms with Gasteiger partial charge < -0.3 is 20.8 Å². The third-order valence-corrected chi connectivity index (χ3v) is 2.08. The molecule has 0 saturated carbocycles. The van der Waals surface area contributed by atoms with Crippen LogP contribution in [-0.2, 0) is 0 Å². The third-order valence-electron chi connectivity index (χ3n) is 2.08. The average Bonchev–Trinajstić information content (AvgIpc) is 2.21. The van der Waals surface area contributed by atoms with Gasteiger partial charge in [-0.2, -0.15) is 0 Å². The smallest absolute Gasteiger partial charge is 0.152 e. The number of pyridine rings is 1. The van der Waals surface area contributed by atoms with Gasteiger partial charge in [-0.05, 0) is 19.1 Å². The van der Waals surface area contributed by atoms with Crippen LogP contribution in [0, 0.1) is 6.92 Å². The van der Waals surface area contributed by atoms with Gasteiger partial charge in [0.05, 0.1) is 18.9 Å². The highest BCUT2D eigenvalue weighted by atomic mass is 16.3. The quantitative estimate of drug-likeness (QED) is 0.626.